The zero-order valence-electron chi connectivity index (χ0n) is 17.3. The average Bonchev–Trinajstić information content (AvgIpc) is 2.77. The van der Waals surface area contributed by atoms with E-state index in [1.165, 1.54) is 16.4 Å². The maximum Gasteiger partial charge on any atom is 0.243 e. The van der Waals surface area contributed by atoms with Crippen molar-refractivity contribution in [1.29, 1.82) is 0 Å². The number of sulfonamides is 2. The van der Waals surface area contributed by atoms with Crippen LogP contribution in [0.3, 0.4) is 0 Å². The van der Waals surface area contributed by atoms with Gasteiger partial charge in [0.25, 0.3) is 0 Å². The lowest BCUT2D eigenvalue weighted by Gasteiger charge is -2.31. The molecule has 168 valence electrons. The molecule has 0 aliphatic carbocycles. The van der Waals surface area contributed by atoms with Gasteiger partial charge in [0, 0.05) is 26.2 Å². The third-order valence-electron chi connectivity index (χ3n) is 5.18. The Balaban J connectivity index is 1.51. The lowest BCUT2D eigenvalue weighted by atomic mass is 9.99. The fourth-order valence-corrected chi connectivity index (χ4v) is 6.01. The number of carbonyl (C=O) groups excluding carboxylic acids is 1. The third-order valence-corrected chi connectivity index (χ3v) is 8.54. The number of piperidine rings is 1. The number of hydrogen-bond donors (Lipinski definition) is 2. The Morgan fingerprint density at radius 1 is 0.968 bits per heavy atom. The summed E-state index contributed by atoms with van der Waals surface area (Å²) < 4.78 is 54.0. The van der Waals surface area contributed by atoms with Crippen molar-refractivity contribution in [3.63, 3.8) is 0 Å². The molecule has 10 heteroatoms. The fourth-order valence-electron chi connectivity index (χ4n) is 3.43. The van der Waals surface area contributed by atoms with Gasteiger partial charge < -0.3 is 5.32 Å². The standard InChI is InChI=1S/C21H27N3O5S2/c1-17-9-11-19(12-10-17)30(26,27)23-14-13-22-21(25)18-6-5-15-24(16-18)31(28,29)20-7-3-2-4-8-20/h2-4,7-12,18,23H,5-6,13-16H2,1H3,(H,22,25)/t18-/m1/s1. The molecule has 1 aliphatic heterocycles. The van der Waals surface area contributed by atoms with Crippen LogP contribution in [0.4, 0.5) is 0 Å². The van der Waals surface area contributed by atoms with Gasteiger partial charge in [-0.25, -0.2) is 21.6 Å². The Kier molecular flexibility index (Phi) is 7.47. The van der Waals surface area contributed by atoms with E-state index in [-0.39, 0.29) is 35.3 Å². The maximum absolute atomic E-state index is 12.8. The van der Waals surface area contributed by atoms with Crippen LogP contribution in [0.5, 0.6) is 0 Å². The summed E-state index contributed by atoms with van der Waals surface area (Å²) in [4.78, 5) is 12.9. The second-order valence-corrected chi connectivity index (χ2v) is 11.2. The second kappa shape index (κ2) is 9.90. The number of amides is 1. The van der Waals surface area contributed by atoms with Gasteiger partial charge in [-0.15, -0.1) is 0 Å². The smallest absolute Gasteiger partial charge is 0.243 e. The predicted octanol–water partition coefficient (Wildman–Crippen LogP) is 1.49. The van der Waals surface area contributed by atoms with Crippen LogP contribution in [0.15, 0.2) is 64.4 Å². The first-order chi connectivity index (χ1) is 14.7. The SMILES string of the molecule is Cc1ccc(S(=O)(=O)NCCNC(=O)[C@@H]2CCCN(S(=O)(=O)c3ccccc3)C2)cc1. The third kappa shape index (κ3) is 5.91. The van der Waals surface area contributed by atoms with E-state index in [0.717, 1.165) is 5.56 Å². The molecule has 31 heavy (non-hydrogen) atoms. The Bertz CT molecular complexity index is 1100. The van der Waals surface area contributed by atoms with Crippen molar-refractivity contribution in [2.24, 2.45) is 5.92 Å². The summed E-state index contributed by atoms with van der Waals surface area (Å²) in [6.45, 7) is 2.51. The summed E-state index contributed by atoms with van der Waals surface area (Å²) in [5, 5.41) is 2.71. The van der Waals surface area contributed by atoms with Gasteiger partial charge in [-0.3, -0.25) is 4.79 Å². The minimum atomic E-state index is -3.65. The number of rotatable bonds is 8. The van der Waals surface area contributed by atoms with Crippen LogP contribution in [0, 0.1) is 12.8 Å². The Morgan fingerprint density at radius 2 is 1.65 bits per heavy atom. The number of nitrogens with one attached hydrogen (secondary N) is 2. The van der Waals surface area contributed by atoms with E-state index < -0.39 is 26.0 Å². The molecule has 1 heterocycles. The number of aryl methyl sites for hydroxylation is 1. The van der Waals surface area contributed by atoms with Crippen LogP contribution < -0.4 is 10.0 Å². The largest absolute Gasteiger partial charge is 0.355 e. The van der Waals surface area contributed by atoms with Gasteiger partial charge in [0.1, 0.15) is 0 Å². The molecule has 1 aliphatic rings. The number of hydrogen-bond acceptors (Lipinski definition) is 5. The zero-order chi connectivity index (χ0) is 22.5. The van der Waals surface area contributed by atoms with Crippen molar-refractivity contribution >= 4 is 26.0 Å². The molecule has 3 rings (SSSR count). The van der Waals surface area contributed by atoms with E-state index in [9.17, 15) is 21.6 Å². The molecule has 0 spiro atoms. The molecule has 2 N–H and O–H groups in total. The van der Waals surface area contributed by atoms with Gasteiger partial charge in [0.2, 0.25) is 26.0 Å². The molecule has 0 bridgehead atoms. The summed E-state index contributed by atoms with van der Waals surface area (Å²) in [5.74, 6) is -0.747. The van der Waals surface area contributed by atoms with Crippen molar-refractivity contribution in [1.82, 2.24) is 14.3 Å². The first-order valence-corrected chi connectivity index (χ1v) is 13.0. The van der Waals surface area contributed by atoms with Crippen LogP contribution in [0.2, 0.25) is 0 Å². The molecule has 0 radical (unpaired) electrons. The summed E-state index contributed by atoms with van der Waals surface area (Å²) in [7, 11) is -7.29. The average molecular weight is 466 g/mol. The van der Waals surface area contributed by atoms with Crippen LogP contribution in [0.1, 0.15) is 18.4 Å². The summed E-state index contributed by atoms with van der Waals surface area (Å²) in [5.41, 5.74) is 0.960. The van der Waals surface area contributed by atoms with E-state index in [1.807, 2.05) is 6.92 Å². The zero-order valence-corrected chi connectivity index (χ0v) is 19.0. The topological polar surface area (TPSA) is 113 Å². The summed E-state index contributed by atoms with van der Waals surface area (Å²) in [6.07, 6.45) is 1.17. The molecule has 0 saturated carbocycles. The van der Waals surface area contributed by atoms with E-state index >= 15 is 0 Å². The van der Waals surface area contributed by atoms with E-state index in [2.05, 4.69) is 10.0 Å². The van der Waals surface area contributed by atoms with Crippen molar-refractivity contribution < 1.29 is 21.6 Å². The van der Waals surface area contributed by atoms with Gasteiger partial charge in [-0.1, -0.05) is 35.9 Å². The molecule has 2 aromatic carbocycles. The monoisotopic (exact) mass is 465 g/mol. The quantitative estimate of drug-likeness (QED) is 0.574. The number of benzene rings is 2. The number of carbonyl (C=O) groups is 1. The second-order valence-electron chi connectivity index (χ2n) is 7.52. The van der Waals surface area contributed by atoms with Crippen LogP contribution in [-0.4, -0.2) is 53.2 Å². The van der Waals surface area contributed by atoms with Crippen molar-refractivity contribution in [3.05, 3.63) is 60.2 Å². The Morgan fingerprint density at radius 3 is 2.32 bits per heavy atom. The molecule has 0 aromatic heterocycles. The van der Waals surface area contributed by atoms with Gasteiger partial charge in [-0.05, 0) is 44.0 Å². The van der Waals surface area contributed by atoms with Crippen LogP contribution in [0.25, 0.3) is 0 Å². The van der Waals surface area contributed by atoms with Crippen LogP contribution >= 0.6 is 0 Å². The van der Waals surface area contributed by atoms with Gasteiger partial charge in [0.15, 0.2) is 0 Å². The van der Waals surface area contributed by atoms with Crippen molar-refractivity contribution in [2.75, 3.05) is 26.2 Å². The molecule has 1 saturated heterocycles. The molecule has 1 atom stereocenters. The molecule has 0 unspecified atom stereocenters. The normalized spacial score (nSPS) is 17.9. The minimum Gasteiger partial charge on any atom is -0.355 e. The van der Waals surface area contributed by atoms with Gasteiger partial charge in [-0.2, -0.15) is 4.31 Å². The molecular weight excluding hydrogens is 438 g/mol. The highest BCUT2D eigenvalue weighted by molar-refractivity contribution is 7.89. The Labute approximate surface area is 183 Å². The molecule has 2 aromatic rings. The summed E-state index contributed by atoms with van der Waals surface area (Å²) >= 11 is 0. The van der Waals surface area contributed by atoms with Crippen molar-refractivity contribution in [2.45, 2.75) is 29.6 Å². The van der Waals surface area contributed by atoms with E-state index in [1.54, 1.807) is 42.5 Å². The highest BCUT2D eigenvalue weighted by Gasteiger charge is 2.33. The number of nitrogens with zero attached hydrogens (tertiary/aromatic N) is 1. The molecule has 1 amide bonds. The summed E-state index contributed by atoms with van der Waals surface area (Å²) in [6, 6.07) is 14.7. The predicted molar refractivity (Wildman–Crippen MR) is 117 cm³/mol. The maximum atomic E-state index is 12.8. The van der Waals surface area contributed by atoms with Gasteiger partial charge >= 0.3 is 0 Å². The van der Waals surface area contributed by atoms with Crippen LogP contribution in [-0.2, 0) is 24.8 Å². The minimum absolute atomic E-state index is 0.0424. The van der Waals surface area contributed by atoms with E-state index in [0.29, 0.717) is 19.4 Å². The fraction of sp³-hybridized carbons (Fsp3) is 0.381. The van der Waals surface area contributed by atoms with Gasteiger partial charge in [0.05, 0.1) is 15.7 Å². The lowest BCUT2D eigenvalue weighted by Crippen LogP contribution is -2.46. The highest BCUT2D eigenvalue weighted by Crippen LogP contribution is 2.23. The lowest BCUT2D eigenvalue weighted by molar-refractivity contribution is -0.126. The highest BCUT2D eigenvalue weighted by atomic mass is 32.2. The molecule has 8 nitrogen and oxygen atoms in total. The molecule has 1 fully saturated rings. The molecular formula is C21H27N3O5S2. The Hall–Kier alpha value is -2.27. The van der Waals surface area contributed by atoms with E-state index in [4.69, 9.17) is 0 Å². The van der Waals surface area contributed by atoms with Crippen molar-refractivity contribution in [3.8, 4) is 0 Å². The first-order valence-electron chi connectivity index (χ1n) is 10.1. The first kappa shape index (κ1) is 23.4.